The number of ether oxygens (including phenoxy) is 3. The van der Waals surface area contributed by atoms with Gasteiger partial charge in [0.2, 0.25) is 5.88 Å². The minimum atomic E-state index is -0.341. The molecule has 1 aliphatic rings. The zero-order valence-corrected chi connectivity index (χ0v) is 13.4. The molecule has 8 nitrogen and oxygen atoms in total. The highest BCUT2D eigenvalue weighted by atomic mass is 16.5. The third kappa shape index (κ3) is 5.05. The first-order chi connectivity index (χ1) is 11.1. The van der Waals surface area contributed by atoms with Crippen LogP contribution in [-0.2, 0) is 9.47 Å². The number of aliphatic hydroxyl groups excluding tert-OH is 1. The first-order valence-electron chi connectivity index (χ1n) is 7.52. The van der Waals surface area contributed by atoms with Gasteiger partial charge in [0, 0.05) is 13.2 Å². The van der Waals surface area contributed by atoms with Crippen LogP contribution in [0.1, 0.15) is 6.92 Å². The first kappa shape index (κ1) is 17.5. The summed E-state index contributed by atoms with van der Waals surface area (Å²) in [6.45, 7) is 3.46. The van der Waals surface area contributed by atoms with E-state index in [-0.39, 0.29) is 24.8 Å². The minimum Gasteiger partial charge on any atom is -0.475 e. The Hall–Kier alpha value is -1.90. The van der Waals surface area contributed by atoms with Gasteiger partial charge in [-0.15, -0.1) is 0 Å². The average Bonchev–Trinajstić information content (AvgIpc) is 2.57. The third-order valence-electron chi connectivity index (χ3n) is 3.50. The van der Waals surface area contributed by atoms with E-state index in [9.17, 15) is 4.79 Å². The van der Waals surface area contributed by atoms with E-state index < -0.39 is 0 Å². The molecule has 0 spiro atoms. The maximum absolute atomic E-state index is 12.3. The van der Waals surface area contributed by atoms with E-state index in [1.807, 2.05) is 6.92 Å². The predicted octanol–water partition coefficient (Wildman–Crippen LogP) is 0.720. The molecule has 1 fully saturated rings. The number of pyridine rings is 1. The number of urea groups is 1. The smallest absolute Gasteiger partial charge is 0.322 e. The van der Waals surface area contributed by atoms with Crippen molar-refractivity contribution in [3.05, 3.63) is 18.3 Å². The van der Waals surface area contributed by atoms with Crippen molar-refractivity contribution in [3.63, 3.8) is 0 Å². The van der Waals surface area contributed by atoms with Gasteiger partial charge in [-0.05, 0) is 13.0 Å². The van der Waals surface area contributed by atoms with Gasteiger partial charge in [0.25, 0.3) is 0 Å². The Balaban J connectivity index is 1.89. The number of hydrogen-bond acceptors (Lipinski definition) is 6. The monoisotopic (exact) mass is 325 g/mol. The summed E-state index contributed by atoms with van der Waals surface area (Å²) in [6, 6.07) is 3.11. The first-order valence-corrected chi connectivity index (χ1v) is 7.52. The molecular formula is C15H23N3O5. The van der Waals surface area contributed by atoms with E-state index in [4.69, 9.17) is 19.3 Å². The summed E-state index contributed by atoms with van der Waals surface area (Å²) >= 11 is 0. The number of carbonyl (C=O) groups excluding carboxylic acids is 1. The van der Waals surface area contributed by atoms with Crippen LogP contribution in [0.5, 0.6) is 5.88 Å². The minimum absolute atomic E-state index is 0.0533. The SMILES string of the molecule is COCCOc1ccc(NC(=O)N2C[C@H](CO)OC[C@H]2C)cn1. The Bertz CT molecular complexity index is 496. The molecule has 2 atom stereocenters. The van der Waals surface area contributed by atoms with E-state index in [2.05, 4.69) is 10.3 Å². The second kappa shape index (κ2) is 8.66. The van der Waals surface area contributed by atoms with Crippen molar-refractivity contribution in [2.45, 2.75) is 19.1 Å². The van der Waals surface area contributed by atoms with E-state index in [1.54, 1.807) is 24.1 Å². The molecule has 2 rings (SSSR count). The number of morpholine rings is 1. The summed E-state index contributed by atoms with van der Waals surface area (Å²) in [7, 11) is 1.60. The summed E-state index contributed by atoms with van der Waals surface area (Å²) in [5.74, 6) is 0.472. The summed E-state index contributed by atoms with van der Waals surface area (Å²) in [5.41, 5.74) is 0.577. The molecule has 8 heteroatoms. The molecular weight excluding hydrogens is 302 g/mol. The molecule has 0 unspecified atom stereocenters. The van der Waals surface area contributed by atoms with Crippen molar-refractivity contribution in [2.75, 3.05) is 45.4 Å². The lowest BCUT2D eigenvalue weighted by molar-refractivity contribution is -0.0611. The Morgan fingerprint density at radius 2 is 2.35 bits per heavy atom. The number of aromatic nitrogens is 1. The van der Waals surface area contributed by atoms with Crippen LogP contribution in [0.15, 0.2) is 18.3 Å². The van der Waals surface area contributed by atoms with E-state index >= 15 is 0 Å². The standard InChI is InChI=1S/C15H23N3O5/c1-11-10-23-13(9-19)8-18(11)15(20)17-12-3-4-14(16-7-12)22-6-5-21-2/h3-4,7,11,13,19H,5-6,8-10H2,1-2H3,(H,17,20)/t11-,13-/m1/s1. The zero-order chi connectivity index (χ0) is 16.7. The van der Waals surface area contributed by atoms with Crippen molar-refractivity contribution in [1.29, 1.82) is 0 Å². The van der Waals surface area contributed by atoms with Crippen LogP contribution in [0.3, 0.4) is 0 Å². The largest absolute Gasteiger partial charge is 0.475 e. The fourth-order valence-electron chi connectivity index (χ4n) is 2.18. The van der Waals surface area contributed by atoms with Gasteiger partial charge >= 0.3 is 6.03 Å². The zero-order valence-electron chi connectivity index (χ0n) is 13.4. The number of amides is 2. The molecule has 0 radical (unpaired) electrons. The van der Waals surface area contributed by atoms with Crippen LogP contribution in [0, 0.1) is 0 Å². The van der Waals surface area contributed by atoms with Crippen molar-refractivity contribution in [1.82, 2.24) is 9.88 Å². The summed E-state index contributed by atoms with van der Waals surface area (Å²) in [6.07, 6.45) is 1.20. The van der Waals surface area contributed by atoms with Crippen LogP contribution in [0.25, 0.3) is 0 Å². The lowest BCUT2D eigenvalue weighted by atomic mass is 10.2. The van der Waals surface area contributed by atoms with Gasteiger partial charge in [-0.1, -0.05) is 0 Å². The molecule has 1 aliphatic heterocycles. The van der Waals surface area contributed by atoms with Crippen LogP contribution >= 0.6 is 0 Å². The number of nitrogens with one attached hydrogen (secondary N) is 1. The fraction of sp³-hybridized carbons (Fsp3) is 0.600. The average molecular weight is 325 g/mol. The molecule has 2 amide bonds. The molecule has 128 valence electrons. The molecule has 0 bridgehead atoms. The Labute approximate surface area is 135 Å². The molecule has 23 heavy (non-hydrogen) atoms. The van der Waals surface area contributed by atoms with Gasteiger partial charge in [0.1, 0.15) is 6.61 Å². The van der Waals surface area contributed by atoms with Gasteiger partial charge in [0.15, 0.2) is 0 Å². The van der Waals surface area contributed by atoms with Crippen molar-refractivity contribution < 1.29 is 24.1 Å². The van der Waals surface area contributed by atoms with Crippen LogP contribution < -0.4 is 10.1 Å². The van der Waals surface area contributed by atoms with Crippen LogP contribution in [-0.4, -0.2) is 73.2 Å². The molecule has 0 saturated carbocycles. The van der Waals surface area contributed by atoms with Gasteiger partial charge in [-0.3, -0.25) is 0 Å². The maximum Gasteiger partial charge on any atom is 0.322 e. The molecule has 2 heterocycles. The van der Waals surface area contributed by atoms with Gasteiger partial charge in [0.05, 0.1) is 50.4 Å². The molecule has 1 aromatic rings. The number of rotatable bonds is 6. The number of anilines is 1. The topological polar surface area (TPSA) is 93.2 Å². The quantitative estimate of drug-likeness (QED) is 0.749. The number of carbonyl (C=O) groups is 1. The Morgan fingerprint density at radius 3 is 3.00 bits per heavy atom. The number of hydrogen-bond donors (Lipinski definition) is 2. The fourth-order valence-corrected chi connectivity index (χ4v) is 2.18. The number of aliphatic hydroxyl groups is 1. The van der Waals surface area contributed by atoms with Crippen LogP contribution in [0.4, 0.5) is 10.5 Å². The van der Waals surface area contributed by atoms with Crippen molar-refractivity contribution >= 4 is 11.7 Å². The molecule has 0 aromatic carbocycles. The third-order valence-corrected chi connectivity index (χ3v) is 3.50. The molecule has 2 N–H and O–H groups in total. The Kier molecular flexibility index (Phi) is 6.57. The van der Waals surface area contributed by atoms with E-state index in [0.29, 0.717) is 37.9 Å². The second-order valence-corrected chi connectivity index (χ2v) is 5.30. The molecule has 0 aliphatic carbocycles. The van der Waals surface area contributed by atoms with Gasteiger partial charge in [-0.25, -0.2) is 9.78 Å². The number of nitrogens with zero attached hydrogens (tertiary/aromatic N) is 2. The Morgan fingerprint density at radius 1 is 1.52 bits per heavy atom. The van der Waals surface area contributed by atoms with Crippen molar-refractivity contribution in [2.24, 2.45) is 0 Å². The second-order valence-electron chi connectivity index (χ2n) is 5.30. The molecule has 1 aromatic heterocycles. The summed E-state index contributed by atoms with van der Waals surface area (Å²) < 4.78 is 15.7. The van der Waals surface area contributed by atoms with Gasteiger partial charge in [-0.2, -0.15) is 0 Å². The van der Waals surface area contributed by atoms with Crippen LogP contribution in [0.2, 0.25) is 0 Å². The molecule has 1 saturated heterocycles. The van der Waals surface area contributed by atoms with Crippen molar-refractivity contribution in [3.8, 4) is 5.88 Å². The summed E-state index contributed by atoms with van der Waals surface area (Å²) in [4.78, 5) is 18.1. The van der Waals surface area contributed by atoms with Gasteiger partial charge < -0.3 is 29.5 Å². The highest BCUT2D eigenvalue weighted by Gasteiger charge is 2.29. The lowest BCUT2D eigenvalue weighted by Crippen LogP contribution is -2.53. The normalized spacial score (nSPS) is 21.1. The summed E-state index contributed by atoms with van der Waals surface area (Å²) in [5, 5.41) is 12.0. The predicted molar refractivity (Wildman–Crippen MR) is 83.6 cm³/mol. The highest BCUT2D eigenvalue weighted by Crippen LogP contribution is 2.16. The highest BCUT2D eigenvalue weighted by molar-refractivity contribution is 5.89. The van der Waals surface area contributed by atoms with E-state index in [1.165, 1.54) is 6.20 Å². The number of methoxy groups -OCH3 is 1. The maximum atomic E-state index is 12.3. The lowest BCUT2D eigenvalue weighted by Gasteiger charge is -2.37. The van der Waals surface area contributed by atoms with E-state index in [0.717, 1.165) is 0 Å².